The quantitative estimate of drug-likeness (QED) is 0.341. The molecule has 5 nitrogen and oxygen atoms in total. The third kappa shape index (κ3) is 5.68. The molecule has 0 atom stereocenters. The van der Waals surface area contributed by atoms with E-state index in [4.69, 9.17) is 14.2 Å². The summed E-state index contributed by atoms with van der Waals surface area (Å²) in [6.07, 6.45) is 0. The summed E-state index contributed by atoms with van der Waals surface area (Å²) < 4.78 is 14.8. The van der Waals surface area contributed by atoms with E-state index in [1.165, 1.54) is 25.3 Å². The average molecular weight is 278 g/mol. The van der Waals surface area contributed by atoms with Crippen LogP contribution in [0.15, 0.2) is 18.2 Å². The van der Waals surface area contributed by atoms with E-state index in [2.05, 4.69) is 0 Å². The van der Waals surface area contributed by atoms with Gasteiger partial charge < -0.3 is 19.3 Å². The Bertz CT molecular complexity index is 381. The first kappa shape index (κ1) is 17.9. The normalized spacial score (nSPS) is 9.44. The van der Waals surface area contributed by atoms with Crippen molar-refractivity contribution in [2.24, 2.45) is 0 Å². The Hall–Kier alpha value is -0.114. The summed E-state index contributed by atoms with van der Waals surface area (Å²) in [7, 11) is 1.54. The third-order valence-electron chi connectivity index (χ3n) is 2.00. The van der Waals surface area contributed by atoms with Gasteiger partial charge in [-0.2, -0.15) is 0 Å². The molecule has 0 unspecified atom stereocenters. The molecular weight excluding hydrogens is 263 g/mol. The van der Waals surface area contributed by atoms with Crippen LogP contribution in [-0.2, 0) is 9.47 Å². The second kappa shape index (κ2) is 9.77. The molecule has 0 saturated carbocycles. The molecule has 1 aromatic carbocycles. The predicted octanol–water partition coefficient (Wildman–Crippen LogP) is -2.03. The predicted molar refractivity (Wildman–Crippen MR) is 59.2 cm³/mol. The van der Waals surface area contributed by atoms with Gasteiger partial charge in [0.25, 0.3) is 0 Å². The number of methoxy groups -OCH3 is 1. The minimum atomic E-state index is -0.468. The van der Waals surface area contributed by atoms with Crippen LogP contribution in [0.1, 0.15) is 17.3 Å². The van der Waals surface area contributed by atoms with Crippen molar-refractivity contribution in [2.45, 2.75) is 6.92 Å². The maximum Gasteiger partial charge on any atom is 1.00 e. The van der Waals surface area contributed by atoms with Crippen molar-refractivity contribution in [2.75, 3.05) is 26.9 Å². The molecule has 1 aromatic rings. The molecule has 0 saturated heterocycles. The van der Waals surface area contributed by atoms with Gasteiger partial charge in [0.2, 0.25) is 0 Å². The Morgan fingerprint density at radius 2 is 2.06 bits per heavy atom. The number of hydrogen-bond acceptors (Lipinski definition) is 5. The van der Waals surface area contributed by atoms with Crippen LogP contribution >= 0.6 is 0 Å². The summed E-state index contributed by atoms with van der Waals surface area (Å²) >= 11 is 0. The molecule has 0 aliphatic carbocycles. The second-order valence-corrected chi connectivity index (χ2v) is 3.22. The summed E-state index contributed by atoms with van der Waals surface area (Å²) in [5, 5.41) is 11.4. The van der Waals surface area contributed by atoms with Crippen molar-refractivity contribution in [3.63, 3.8) is 0 Å². The number of hydrogen-bond donors (Lipinski definition) is 0. The van der Waals surface area contributed by atoms with Crippen LogP contribution in [0.4, 0.5) is 0 Å². The van der Waals surface area contributed by atoms with Crippen molar-refractivity contribution in [1.82, 2.24) is 0 Å². The molecule has 0 N–H and O–H groups in total. The van der Waals surface area contributed by atoms with Gasteiger partial charge in [-0.1, -0.05) is 11.8 Å². The summed E-state index contributed by atoms with van der Waals surface area (Å²) in [6, 6.07) is 4.09. The number of rotatable bonds is 6. The standard InChI is InChI=1S/C12H16O5.K/c1-3-16-12(14)9-4-5-10(13)11(8-9)17-7-6-15-2;/h4-5,8,13H,3,6-7H2,1-2H3;/q;+1/p-1. The third-order valence-corrected chi connectivity index (χ3v) is 2.00. The largest absolute Gasteiger partial charge is 1.00 e. The van der Waals surface area contributed by atoms with E-state index in [0.717, 1.165) is 0 Å². The van der Waals surface area contributed by atoms with Gasteiger partial charge in [-0.3, -0.25) is 0 Å². The maximum absolute atomic E-state index is 11.4. The van der Waals surface area contributed by atoms with Gasteiger partial charge in [-0.25, -0.2) is 4.79 Å². The molecule has 0 heterocycles. The van der Waals surface area contributed by atoms with Crippen molar-refractivity contribution in [3.8, 4) is 11.5 Å². The fourth-order valence-electron chi connectivity index (χ4n) is 1.20. The molecule has 6 heteroatoms. The van der Waals surface area contributed by atoms with Gasteiger partial charge in [0.05, 0.1) is 18.8 Å². The Kier molecular flexibility index (Phi) is 9.71. The smallest absolute Gasteiger partial charge is 0.870 e. The fraction of sp³-hybridized carbons (Fsp3) is 0.417. The van der Waals surface area contributed by atoms with Gasteiger partial charge in [-0.05, 0) is 19.1 Å². The van der Waals surface area contributed by atoms with E-state index < -0.39 is 5.97 Å². The molecule has 94 valence electrons. The molecule has 0 aliphatic heterocycles. The van der Waals surface area contributed by atoms with E-state index in [1.807, 2.05) is 0 Å². The van der Waals surface area contributed by atoms with Gasteiger partial charge in [-0.15, -0.1) is 0 Å². The minimum Gasteiger partial charge on any atom is -0.870 e. The molecule has 0 radical (unpaired) electrons. The zero-order valence-corrected chi connectivity index (χ0v) is 14.0. The van der Waals surface area contributed by atoms with Gasteiger partial charge in [0.15, 0.2) is 0 Å². The SMILES string of the molecule is CCOC(=O)c1ccc([O-])c(OCCOC)c1.[K+]. The zero-order chi connectivity index (χ0) is 12.7. The summed E-state index contributed by atoms with van der Waals surface area (Å²) in [6.45, 7) is 2.65. The Morgan fingerprint density at radius 3 is 2.67 bits per heavy atom. The molecule has 0 spiro atoms. The average Bonchev–Trinajstić information content (AvgIpc) is 2.32. The van der Waals surface area contributed by atoms with Crippen LogP contribution in [0.5, 0.6) is 11.5 Å². The van der Waals surface area contributed by atoms with E-state index >= 15 is 0 Å². The molecule has 0 fully saturated rings. The Balaban J connectivity index is 0.00000289. The monoisotopic (exact) mass is 278 g/mol. The molecule has 0 aliphatic rings. The van der Waals surface area contributed by atoms with Crippen molar-refractivity contribution in [3.05, 3.63) is 23.8 Å². The Morgan fingerprint density at radius 1 is 1.33 bits per heavy atom. The Labute approximate surface area is 149 Å². The molecule has 18 heavy (non-hydrogen) atoms. The van der Waals surface area contributed by atoms with Gasteiger partial charge in [0, 0.05) is 7.11 Å². The molecule has 0 bridgehead atoms. The molecular formula is C12H15KO5. The molecule has 1 rings (SSSR count). The van der Waals surface area contributed by atoms with Crippen LogP contribution < -0.4 is 61.2 Å². The van der Waals surface area contributed by atoms with Crippen LogP contribution in [-0.4, -0.2) is 32.9 Å². The van der Waals surface area contributed by atoms with E-state index in [1.54, 1.807) is 6.92 Å². The van der Waals surface area contributed by atoms with Crippen molar-refractivity contribution >= 4 is 5.97 Å². The molecule has 0 amide bonds. The summed E-state index contributed by atoms with van der Waals surface area (Å²) in [5.74, 6) is -0.606. The second-order valence-electron chi connectivity index (χ2n) is 3.22. The van der Waals surface area contributed by atoms with E-state index in [-0.39, 0.29) is 76.1 Å². The fourth-order valence-corrected chi connectivity index (χ4v) is 1.20. The first-order valence-electron chi connectivity index (χ1n) is 5.29. The maximum atomic E-state index is 11.4. The number of esters is 1. The van der Waals surface area contributed by atoms with Gasteiger partial charge >= 0.3 is 57.4 Å². The van der Waals surface area contributed by atoms with Crippen LogP contribution in [0, 0.1) is 0 Å². The minimum absolute atomic E-state index is 0. The first-order valence-corrected chi connectivity index (χ1v) is 5.29. The van der Waals surface area contributed by atoms with Crippen LogP contribution in [0.25, 0.3) is 0 Å². The number of benzene rings is 1. The van der Waals surface area contributed by atoms with E-state index in [0.29, 0.717) is 12.2 Å². The first-order chi connectivity index (χ1) is 8.19. The van der Waals surface area contributed by atoms with Gasteiger partial charge in [0.1, 0.15) is 12.4 Å². The van der Waals surface area contributed by atoms with Crippen LogP contribution in [0.3, 0.4) is 0 Å². The number of carbonyl (C=O) groups excluding carboxylic acids is 1. The zero-order valence-electron chi connectivity index (χ0n) is 10.9. The number of ether oxygens (including phenoxy) is 3. The van der Waals surface area contributed by atoms with Crippen molar-refractivity contribution in [1.29, 1.82) is 0 Å². The van der Waals surface area contributed by atoms with Crippen LogP contribution in [0.2, 0.25) is 0 Å². The molecule has 0 aromatic heterocycles. The topological polar surface area (TPSA) is 67.8 Å². The van der Waals surface area contributed by atoms with Crippen molar-refractivity contribution < 1.29 is 75.5 Å². The van der Waals surface area contributed by atoms with E-state index in [9.17, 15) is 9.90 Å². The number of carbonyl (C=O) groups is 1. The summed E-state index contributed by atoms with van der Waals surface area (Å²) in [5.41, 5.74) is 0.305. The summed E-state index contributed by atoms with van der Waals surface area (Å²) in [4.78, 5) is 11.4.